The lowest BCUT2D eigenvalue weighted by Gasteiger charge is -2.21. The fourth-order valence-electron chi connectivity index (χ4n) is 2.59. The van der Waals surface area contributed by atoms with Gasteiger partial charge in [-0.1, -0.05) is 25.0 Å². The molecule has 0 heterocycles. The lowest BCUT2D eigenvalue weighted by Crippen LogP contribution is -2.30. The van der Waals surface area contributed by atoms with E-state index in [0.29, 0.717) is 0 Å². The number of aliphatic hydroxyl groups is 1. The molecule has 2 N–H and O–H groups in total. The number of carbonyl (C=O) groups is 1. The third-order valence-corrected chi connectivity index (χ3v) is 3.90. The number of amides is 1. The van der Waals surface area contributed by atoms with Crippen LogP contribution in [0.2, 0.25) is 0 Å². The molecule has 2 rings (SSSR count). The van der Waals surface area contributed by atoms with Crippen molar-refractivity contribution in [2.45, 2.75) is 51.6 Å². The van der Waals surface area contributed by atoms with Crippen LogP contribution >= 0.6 is 0 Å². The largest absolute Gasteiger partial charge is 0.389 e. The third-order valence-electron chi connectivity index (χ3n) is 3.90. The Balaban J connectivity index is 2.01. The molecule has 1 saturated carbocycles. The van der Waals surface area contributed by atoms with Crippen molar-refractivity contribution in [1.82, 2.24) is 0 Å². The van der Waals surface area contributed by atoms with Crippen LogP contribution < -0.4 is 5.32 Å². The minimum atomic E-state index is -0.776. The van der Waals surface area contributed by atoms with Gasteiger partial charge in [-0.25, -0.2) is 0 Å². The maximum Gasteiger partial charge on any atom is 0.227 e. The van der Waals surface area contributed by atoms with E-state index in [2.05, 4.69) is 5.32 Å². The van der Waals surface area contributed by atoms with Crippen LogP contribution in [0.3, 0.4) is 0 Å². The first-order chi connectivity index (χ1) is 8.50. The number of hydrogen-bond acceptors (Lipinski definition) is 2. The summed E-state index contributed by atoms with van der Waals surface area (Å²) in [5.41, 5.74) is 2.32. The Hall–Kier alpha value is -1.35. The van der Waals surface area contributed by atoms with Crippen molar-refractivity contribution in [2.75, 3.05) is 5.32 Å². The average molecular weight is 247 g/mol. The third kappa shape index (κ3) is 2.91. The molecule has 1 aromatic rings. The number of nitrogens with one attached hydrogen (secondary N) is 1. The summed E-state index contributed by atoms with van der Waals surface area (Å²) in [5.74, 6) is -0.0897. The van der Waals surface area contributed by atoms with Crippen LogP contribution in [0, 0.1) is 13.8 Å². The SMILES string of the molecule is Cc1cccc(NC(=O)CC2(O)CCCC2)c1C. The summed E-state index contributed by atoms with van der Waals surface area (Å²) in [6, 6.07) is 5.86. The summed E-state index contributed by atoms with van der Waals surface area (Å²) in [4.78, 5) is 12.0. The molecular formula is C15H21NO2. The highest BCUT2D eigenvalue weighted by atomic mass is 16.3. The van der Waals surface area contributed by atoms with Gasteiger partial charge < -0.3 is 10.4 Å². The van der Waals surface area contributed by atoms with Gasteiger partial charge in [0.2, 0.25) is 5.91 Å². The first kappa shape index (κ1) is 13.1. The topological polar surface area (TPSA) is 49.3 Å². The molecule has 1 aliphatic carbocycles. The Bertz CT molecular complexity index is 448. The Morgan fingerprint density at radius 1 is 1.33 bits per heavy atom. The van der Waals surface area contributed by atoms with Gasteiger partial charge in [0.15, 0.2) is 0 Å². The standard InChI is InChI=1S/C15H21NO2/c1-11-6-5-7-13(12(11)2)16-14(17)10-15(18)8-3-4-9-15/h5-7,18H,3-4,8-10H2,1-2H3,(H,16,17). The summed E-state index contributed by atoms with van der Waals surface area (Å²) in [7, 11) is 0. The minimum absolute atomic E-state index is 0.0897. The van der Waals surface area contributed by atoms with Gasteiger partial charge in [0.05, 0.1) is 12.0 Å². The molecule has 3 nitrogen and oxygen atoms in total. The predicted molar refractivity (Wildman–Crippen MR) is 72.6 cm³/mol. The van der Waals surface area contributed by atoms with Gasteiger partial charge in [-0.15, -0.1) is 0 Å². The van der Waals surface area contributed by atoms with E-state index in [-0.39, 0.29) is 12.3 Å². The second-order valence-electron chi connectivity index (χ2n) is 5.40. The van der Waals surface area contributed by atoms with Crippen molar-refractivity contribution >= 4 is 11.6 Å². The lowest BCUT2D eigenvalue weighted by molar-refractivity contribution is -0.120. The van der Waals surface area contributed by atoms with E-state index in [1.165, 1.54) is 0 Å². The molecule has 3 heteroatoms. The van der Waals surface area contributed by atoms with Crippen LogP contribution in [0.5, 0.6) is 0 Å². The summed E-state index contributed by atoms with van der Waals surface area (Å²) in [6.07, 6.45) is 3.74. The van der Waals surface area contributed by atoms with Gasteiger partial charge in [0.25, 0.3) is 0 Å². The maximum atomic E-state index is 12.0. The van der Waals surface area contributed by atoms with E-state index in [1.807, 2.05) is 32.0 Å². The summed E-state index contributed by atoms with van der Waals surface area (Å²) >= 11 is 0. The van der Waals surface area contributed by atoms with Gasteiger partial charge in [-0.05, 0) is 43.9 Å². The first-order valence-electron chi connectivity index (χ1n) is 6.59. The molecule has 1 aromatic carbocycles. The molecule has 18 heavy (non-hydrogen) atoms. The molecule has 1 amide bonds. The predicted octanol–water partition coefficient (Wildman–Crippen LogP) is 2.94. The second-order valence-corrected chi connectivity index (χ2v) is 5.40. The molecule has 0 spiro atoms. The maximum absolute atomic E-state index is 12.0. The number of hydrogen-bond donors (Lipinski definition) is 2. The smallest absolute Gasteiger partial charge is 0.227 e. The average Bonchev–Trinajstić information content (AvgIpc) is 2.71. The van der Waals surface area contributed by atoms with Crippen molar-refractivity contribution in [2.24, 2.45) is 0 Å². The van der Waals surface area contributed by atoms with Gasteiger partial charge in [-0.2, -0.15) is 0 Å². The van der Waals surface area contributed by atoms with Crippen LogP contribution in [-0.4, -0.2) is 16.6 Å². The molecule has 0 aromatic heterocycles. The Morgan fingerprint density at radius 3 is 2.67 bits per heavy atom. The van der Waals surface area contributed by atoms with Crippen molar-refractivity contribution in [3.8, 4) is 0 Å². The van der Waals surface area contributed by atoms with Crippen LogP contribution in [0.15, 0.2) is 18.2 Å². The van der Waals surface area contributed by atoms with Crippen LogP contribution in [0.1, 0.15) is 43.2 Å². The van der Waals surface area contributed by atoms with Gasteiger partial charge in [0, 0.05) is 5.69 Å². The number of aryl methyl sites for hydroxylation is 1. The fraction of sp³-hybridized carbons (Fsp3) is 0.533. The highest BCUT2D eigenvalue weighted by Gasteiger charge is 2.33. The molecule has 1 fully saturated rings. The highest BCUT2D eigenvalue weighted by molar-refractivity contribution is 5.92. The minimum Gasteiger partial charge on any atom is -0.389 e. The molecule has 0 atom stereocenters. The van der Waals surface area contributed by atoms with Crippen molar-refractivity contribution in [3.63, 3.8) is 0 Å². The van der Waals surface area contributed by atoms with E-state index in [1.54, 1.807) is 0 Å². The summed E-state index contributed by atoms with van der Waals surface area (Å²) in [6.45, 7) is 4.02. The van der Waals surface area contributed by atoms with Gasteiger partial charge in [0.1, 0.15) is 0 Å². The zero-order valence-corrected chi connectivity index (χ0v) is 11.1. The Labute approximate surface area is 108 Å². The number of anilines is 1. The molecule has 0 bridgehead atoms. The van der Waals surface area contributed by atoms with E-state index < -0.39 is 5.60 Å². The van der Waals surface area contributed by atoms with Gasteiger partial charge in [-0.3, -0.25) is 4.79 Å². The lowest BCUT2D eigenvalue weighted by atomic mass is 9.97. The first-order valence-corrected chi connectivity index (χ1v) is 6.59. The van der Waals surface area contributed by atoms with E-state index in [9.17, 15) is 9.90 Å². The van der Waals surface area contributed by atoms with Crippen molar-refractivity contribution < 1.29 is 9.90 Å². The van der Waals surface area contributed by atoms with Crippen LogP contribution in [-0.2, 0) is 4.79 Å². The molecule has 0 radical (unpaired) electrons. The quantitative estimate of drug-likeness (QED) is 0.862. The van der Waals surface area contributed by atoms with Gasteiger partial charge >= 0.3 is 0 Å². The number of carbonyl (C=O) groups excluding carboxylic acids is 1. The normalized spacial score (nSPS) is 17.7. The zero-order valence-electron chi connectivity index (χ0n) is 11.1. The van der Waals surface area contributed by atoms with E-state index in [0.717, 1.165) is 42.5 Å². The molecule has 0 saturated heterocycles. The second kappa shape index (κ2) is 5.11. The Morgan fingerprint density at radius 2 is 2.00 bits per heavy atom. The summed E-state index contributed by atoms with van der Waals surface area (Å²) < 4.78 is 0. The molecule has 98 valence electrons. The molecule has 0 aliphatic heterocycles. The fourth-order valence-corrected chi connectivity index (χ4v) is 2.59. The molecule has 0 unspecified atom stereocenters. The van der Waals surface area contributed by atoms with E-state index >= 15 is 0 Å². The monoisotopic (exact) mass is 247 g/mol. The van der Waals surface area contributed by atoms with E-state index in [4.69, 9.17) is 0 Å². The highest BCUT2D eigenvalue weighted by Crippen LogP contribution is 2.32. The summed E-state index contributed by atoms with van der Waals surface area (Å²) in [5, 5.41) is 13.1. The van der Waals surface area contributed by atoms with Crippen molar-refractivity contribution in [1.29, 1.82) is 0 Å². The Kier molecular flexibility index (Phi) is 3.71. The number of rotatable bonds is 3. The zero-order chi connectivity index (χ0) is 13.2. The number of benzene rings is 1. The van der Waals surface area contributed by atoms with Crippen LogP contribution in [0.25, 0.3) is 0 Å². The molecular weight excluding hydrogens is 226 g/mol. The molecule has 1 aliphatic rings. The van der Waals surface area contributed by atoms with Crippen molar-refractivity contribution in [3.05, 3.63) is 29.3 Å². The van der Waals surface area contributed by atoms with Crippen LogP contribution in [0.4, 0.5) is 5.69 Å².